The fraction of sp³-hybridized carbons (Fsp3) is 0.450. The van der Waals surface area contributed by atoms with Crippen molar-refractivity contribution in [2.24, 2.45) is 0 Å². The van der Waals surface area contributed by atoms with E-state index >= 15 is 0 Å². The summed E-state index contributed by atoms with van der Waals surface area (Å²) < 4.78 is 5.98. The van der Waals surface area contributed by atoms with E-state index < -0.39 is 6.10 Å². The monoisotopic (exact) mass is 367 g/mol. The van der Waals surface area contributed by atoms with Gasteiger partial charge in [-0.25, -0.2) is 4.98 Å². The summed E-state index contributed by atoms with van der Waals surface area (Å²) in [6.45, 7) is 4.89. The van der Waals surface area contributed by atoms with Crippen LogP contribution in [0.15, 0.2) is 30.5 Å². The number of fused-ring (bicyclic) bond motifs is 1. The van der Waals surface area contributed by atoms with E-state index in [1.165, 1.54) is 0 Å². The molecule has 1 aromatic carbocycles. The molecular weight excluding hydrogens is 342 g/mol. The predicted molar refractivity (Wildman–Crippen MR) is 104 cm³/mol. The van der Waals surface area contributed by atoms with E-state index in [0.29, 0.717) is 25.5 Å². The summed E-state index contributed by atoms with van der Waals surface area (Å²) in [5.74, 6) is 2.56. The number of carbonyl (C=O) groups is 1. The van der Waals surface area contributed by atoms with Gasteiger partial charge in [-0.1, -0.05) is 18.2 Å². The van der Waals surface area contributed by atoms with Gasteiger partial charge >= 0.3 is 0 Å². The molecule has 3 heterocycles. The van der Waals surface area contributed by atoms with Crippen LogP contribution in [-0.2, 0) is 11.2 Å². The van der Waals surface area contributed by atoms with Gasteiger partial charge in [0.1, 0.15) is 11.6 Å². The second kappa shape index (κ2) is 7.06. The van der Waals surface area contributed by atoms with Crippen molar-refractivity contribution in [3.05, 3.63) is 41.6 Å². The van der Waals surface area contributed by atoms with E-state index in [9.17, 15) is 4.79 Å². The lowest BCUT2D eigenvalue weighted by molar-refractivity contribution is -0.138. The Morgan fingerprint density at radius 1 is 1.19 bits per heavy atom. The minimum absolute atomic E-state index is 0.0851. The molecule has 0 radical (unpaired) electrons. The molecule has 2 aliphatic rings. The fourth-order valence-electron chi connectivity index (χ4n) is 3.65. The highest BCUT2D eigenvalue weighted by Crippen LogP contribution is 2.32. The molecule has 1 fully saturated rings. The van der Waals surface area contributed by atoms with Gasteiger partial charge in [0.25, 0.3) is 5.91 Å². The Labute approximate surface area is 159 Å². The Hall–Kier alpha value is -2.83. The third-order valence-electron chi connectivity index (χ3n) is 5.18. The van der Waals surface area contributed by atoms with Crippen LogP contribution >= 0.6 is 0 Å². The summed E-state index contributed by atoms with van der Waals surface area (Å²) in [7, 11) is 3.86. The molecule has 0 N–H and O–H groups in total. The summed E-state index contributed by atoms with van der Waals surface area (Å²) in [5.41, 5.74) is 2.22. The Morgan fingerprint density at radius 3 is 2.67 bits per heavy atom. The Balaban J connectivity index is 1.38. The van der Waals surface area contributed by atoms with Gasteiger partial charge in [0.2, 0.25) is 5.95 Å². The smallest absolute Gasteiger partial charge is 0.264 e. The average molecular weight is 367 g/mol. The Morgan fingerprint density at radius 2 is 1.96 bits per heavy atom. The highest BCUT2D eigenvalue weighted by Gasteiger charge is 2.34. The van der Waals surface area contributed by atoms with Crippen LogP contribution in [0, 0.1) is 6.92 Å². The molecule has 1 atom stereocenters. The van der Waals surface area contributed by atoms with E-state index in [4.69, 9.17) is 4.74 Å². The number of aryl methyl sites for hydroxylation is 1. The molecule has 27 heavy (non-hydrogen) atoms. The molecule has 142 valence electrons. The van der Waals surface area contributed by atoms with Crippen LogP contribution in [0.5, 0.6) is 5.75 Å². The summed E-state index contributed by atoms with van der Waals surface area (Å²) in [6.07, 6.45) is 2.04. The quantitative estimate of drug-likeness (QED) is 0.819. The number of para-hydroxylation sites is 1. The first-order valence-corrected chi connectivity index (χ1v) is 9.32. The highest BCUT2D eigenvalue weighted by molar-refractivity contribution is 5.83. The van der Waals surface area contributed by atoms with Gasteiger partial charge in [0, 0.05) is 52.9 Å². The van der Waals surface area contributed by atoms with Crippen molar-refractivity contribution in [1.29, 1.82) is 0 Å². The standard InChI is InChI=1S/C20H25N5O2/c1-14-5-4-6-15-13-16(27-18(14)15)19(26)25-11-9-24(10-12-25)17-7-8-21-20(22-17)23(2)3/h4-8,16H,9-13H2,1-3H3. The fourth-order valence-corrected chi connectivity index (χ4v) is 3.65. The Bertz CT molecular complexity index is 846. The number of amides is 1. The lowest BCUT2D eigenvalue weighted by atomic mass is 10.1. The average Bonchev–Trinajstić information content (AvgIpc) is 3.13. The van der Waals surface area contributed by atoms with Crippen LogP contribution in [0.2, 0.25) is 0 Å². The van der Waals surface area contributed by atoms with Crippen LogP contribution in [0.1, 0.15) is 11.1 Å². The minimum Gasteiger partial charge on any atom is -0.480 e. The van der Waals surface area contributed by atoms with E-state index in [2.05, 4.69) is 14.9 Å². The number of aromatic nitrogens is 2. The van der Waals surface area contributed by atoms with Crippen molar-refractivity contribution in [1.82, 2.24) is 14.9 Å². The third-order valence-corrected chi connectivity index (χ3v) is 5.18. The van der Waals surface area contributed by atoms with E-state index in [-0.39, 0.29) is 5.91 Å². The summed E-state index contributed by atoms with van der Waals surface area (Å²) in [6, 6.07) is 8.01. The first-order valence-electron chi connectivity index (χ1n) is 9.32. The van der Waals surface area contributed by atoms with Crippen LogP contribution in [0.3, 0.4) is 0 Å². The molecule has 1 aromatic heterocycles. The number of hydrogen-bond acceptors (Lipinski definition) is 6. The summed E-state index contributed by atoms with van der Waals surface area (Å²) in [4.78, 5) is 27.8. The van der Waals surface area contributed by atoms with E-state index in [0.717, 1.165) is 35.8 Å². The largest absolute Gasteiger partial charge is 0.480 e. The second-order valence-electron chi connectivity index (χ2n) is 7.30. The molecule has 0 saturated carbocycles. The van der Waals surface area contributed by atoms with Crippen molar-refractivity contribution >= 4 is 17.7 Å². The zero-order chi connectivity index (χ0) is 19.0. The molecule has 0 aliphatic carbocycles. The third kappa shape index (κ3) is 3.41. The van der Waals surface area contributed by atoms with Crippen LogP contribution < -0.4 is 14.5 Å². The zero-order valence-corrected chi connectivity index (χ0v) is 16.1. The van der Waals surface area contributed by atoms with Crippen LogP contribution in [0.4, 0.5) is 11.8 Å². The van der Waals surface area contributed by atoms with Crippen molar-refractivity contribution in [2.75, 3.05) is 50.1 Å². The first-order chi connectivity index (χ1) is 13.0. The van der Waals surface area contributed by atoms with Crippen molar-refractivity contribution in [2.45, 2.75) is 19.4 Å². The molecule has 7 heteroatoms. The Kier molecular flexibility index (Phi) is 4.59. The molecule has 1 saturated heterocycles. The maximum Gasteiger partial charge on any atom is 0.264 e. The molecule has 1 amide bonds. The van der Waals surface area contributed by atoms with Gasteiger partial charge in [0.05, 0.1) is 0 Å². The van der Waals surface area contributed by atoms with E-state index in [1.807, 2.05) is 55.1 Å². The number of ether oxygens (including phenoxy) is 1. The lowest BCUT2D eigenvalue weighted by Crippen LogP contribution is -2.52. The van der Waals surface area contributed by atoms with Crippen LogP contribution in [-0.4, -0.2) is 67.2 Å². The lowest BCUT2D eigenvalue weighted by Gasteiger charge is -2.36. The minimum atomic E-state index is -0.396. The molecule has 2 aliphatic heterocycles. The molecule has 1 unspecified atom stereocenters. The molecule has 4 rings (SSSR count). The molecule has 2 aromatic rings. The maximum atomic E-state index is 12.9. The number of anilines is 2. The van der Waals surface area contributed by atoms with E-state index in [1.54, 1.807) is 6.20 Å². The predicted octanol–water partition coefficient (Wildman–Crippen LogP) is 1.50. The number of benzene rings is 1. The molecular formula is C20H25N5O2. The zero-order valence-electron chi connectivity index (χ0n) is 16.1. The number of carbonyl (C=O) groups excluding carboxylic acids is 1. The van der Waals surface area contributed by atoms with Crippen LogP contribution in [0.25, 0.3) is 0 Å². The highest BCUT2D eigenvalue weighted by atomic mass is 16.5. The molecule has 7 nitrogen and oxygen atoms in total. The number of nitrogens with zero attached hydrogens (tertiary/aromatic N) is 5. The number of rotatable bonds is 3. The van der Waals surface area contributed by atoms with Gasteiger partial charge in [-0.05, 0) is 24.1 Å². The second-order valence-corrected chi connectivity index (χ2v) is 7.30. The van der Waals surface area contributed by atoms with Gasteiger partial charge in [-0.3, -0.25) is 4.79 Å². The van der Waals surface area contributed by atoms with Crippen molar-refractivity contribution in [3.8, 4) is 5.75 Å². The topological polar surface area (TPSA) is 61.8 Å². The van der Waals surface area contributed by atoms with Crippen molar-refractivity contribution in [3.63, 3.8) is 0 Å². The normalized spacial score (nSPS) is 18.9. The number of hydrogen-bond donors (Lipinski definition) is 0. The first kappa shape index (κ1) is 17.6. The maximum absolute atomic E-state index is 12.9. The SMILES string of the molecule is Cc1cccc2c1OC(C(=O)N1CCN(c3ccnc(N(C)C)n3)CC1)C2. The van der Waals surface area contributed by atoms with Gasteiger partial charge < -0.3 is 19.4 Å². The molecule has 0 spiro atoms. The van der Waals surface area contributed by atoms with Crippen molar-refractivity contribution < 1.29 is 9.53 Å². The van der Waals surface area contributed by atoms with Gasteiger partial charge in [-0.2, -0.15) is 4.98 Å². The van der Waals surface area contributed by atoms with Gasteiger partial charge in [-0.15, -0.1) is 0 Å². The molecule has 0 bridgehead atoms. The van der Waals surface area contributed by atoms with Gasteiger partial charge in [0.15, 0.2) is 6.10 Å². The summed E-state index contributed by atoms with van der Waals surface area (Å²) in [5, 5.41) is 0. The number of piperazine rings is 1. The summed E-state index contributed by atoms with van der Waals surface area (Å²) >= 11 is 0.